The smallest absolute Gasteiger partial charge is 0.309 e. The Balaban J connectivity index is 1.45. The average molecular weight is 480 g/mol. The van der Waals surface area contributed by atoms with Gasteiger partial charge in [0.15, 0.2) is 6.61 Å². The molecule has 1 N–H and O–H groups in total. The molecule has 0 unspecified atom stereocenters. The Morgan fingerprint density at radius 3 is 2.34 bits per heavy atom. The van der Waals surface area contributed by atoms with Crippen LogP contribution < -0.4 is 5.32 Å². The summed E-state index contributed by atoms with van der Waals surface area (Å²) in [5.41, 5.74) is 0.490. The second kappa shape index (κ2) is 10.4. The molecule has 0 spiro atoms. The summed E-state index contributed by atoms with van der Waals surface area (Å²) in [6.45, 7) is 0.272. The number of nitrogens with one attached hydrogen (secondary N) is 1. The van der Waals surface area contributed by atoms with Crippen LogP contribution in [0.1, 0.15) is 23.2 Å². The molecule has 168 valence electrons. The molecule has 0 aliphatic carbocycles. The second-order valence-electron chi connectivity index (χ2n) is 7.15. The summed E-state index contributed by atoms with van der Waals surface area (Å²) < 4.78 is 5.09. The predicted molar refractivity (Wildman–Crippen MR) is 118 cm³/mol. The Morgan fingerprint density at radius 2 is 1.75 bits per heavy atom. The molecule has 2 aromatic carbocycles. The van der Waals surface area contributed by atoms with Gasteiger partial charge in [-0.1, -0.05) is 23.2 Å². The number of nitrogens with zero attached hydrogens (tertiary/aromatic N) is 2. The first kappa shape index (κ1) is 23.5. The number of likely N-dealkylation sites (tertiary alicyclic amines) is 1. The summed E-state index contributed by atoms with van der Waals surface area (Å²) in [4.78, 5) is 48.7. The average Bonchev–Trinajstić information content (AvgIpc) is 2.79. The van der Waals surface area contributed by atoms with Crippen LogP contribution in [0.3, 0.4) is 0 Å². The van der Waals surface area contributed by atoms with Crippen molar-refractivity contribution in [3.63, 3.8) is 0 Å². The van der Waals surface area contributed by atoms with Crippen molar-refractivity contribution in [2.75, 3.05) is 25.0 Å². The van der Waals surface area contributed by atoms with E-state index in [0.29, 0.717) is 36.5 Å². The molecule has 0 radical (unpaired) electrons. The molecule has 1 heterocycles. The predicted octanol–water partition coefficient (Wildman–Crippen LogP) is 3.94. The fourth-order valence-corrected chi connectivity index (χ4v) is 3.60. The lowest BCUT2D eigenvalue weighted by Crippen LogP contribution is -2.41. The number of hydrogen-bond donors (Lipinski definition) is 1. The van der Waals surface area contributed by atoms with Gasteiger partial charge in [0.25, 0.3) is 17.5 Å². The Kier molecular flexibility index (Phi) is 7.66. The number of non-ortho nitro benzene ring substituents is 1. The molecule has 2 aromatic rings. The number of rotatable bonds is 6. The van der Waals surface area contributed by atoms with Crippen molar-refractivity contribution in [1.29, 1.82) is 0 Å². The van der Waals surface area contributed by atoms with Crippen LogP contribution in [0.5, 0.6) is 0 Å². The van der Waals surface area contributed by atoms with E-state index in [2.05, 4.69) is 5.32 Å². The van der Waals surface area contributed by atoms with Crippen molar-refractivity contribution in [1.82, 2.24) is 4.90 Å². The van der Waals surface area contributed by atoms with Crippen LogP contribution in [0.4, 0.5) is 11.4 Å². The van der Waals surface area contributed by atoms with Crippen LogP contribution in [0.25, 0.3) is 0 Å². The number of esters is 1. The summed E-state index contributed by atoms with van der Waals surface area (Å²) in [5, 5.41) is 13.7. The highest BCUT2D eigenvalue weighted by molar-refractivity contribution is 6.34. The van der Waals surface area contributed by atoms with Gasteiger partial charge in [-0.25, -0.2) is 0 Å². The van der Waals surface area contributed by atoms with E-state index in [1.807, 2.05) is 0 Å². The lowest BCUT2D eigenvalue weighted by Gasteiger charge is -2.31. The van der Waals surface area contributed by atoms with Crippen molar-refractivity contribution in [2.24, 2.45) is 5.92 Å². The van der Waals surface area contributed by atoms with Crippen LogP contribution in [0, 0.1) is 16.0 Å². The van der Waals surface area contributed by atoms with Gasteiger partial charge < -0.3 is 15.0 Å². The summed E-state index contributed by atoms with van der Waals surface area (Å²) >= 11 is 11.8. The molecule has 1 saturated heterocycles. The first-order chi connectivity index (χ1) is 15.2. The van der Waals surface area contributed by atoms with Gasteiger partial charge in [-0.2, -0.15) is 0 Å². The van der Waals surface area contributed by atoms with Crippen molar-refractivity contribution >= 4 is 52.4 Å². The monoisotopic (exact) mass is 479 g/mol. The number of benzene rings is 2. The normalized spacial score (nSPS) is 14.0. The topological polar surface area (TPSA) is 119 Å². The highest BCUT2D eigenvalue weighted by Gasteiger charge is 2.29. The van der Waals surface area contributed by atoms with Gasteiger partial charge >= 0.3 is 5.97 Å². The van der Waals surface area contributed by atoms with Crippen LogP contribution in [-0.4, -0.2) is 47.3 Å². The summed E-state index contributed by atoms with van der Waals surface area (Å²) in [7, 11) is 0. The zero-order valence-electron chi connectivity index (χ0n) is 16.8. The van der Waals surface area contributed by atoms with Gasteiger partial charge in [0.2, 0.25) is 0 Å². The largest absolute Gasteiger partial charge is 0.455 e. The highest BCUT2D eigenvalue weighted by atomic mass is 35.5. The summed E-state index contributed by atoms with van der Waals surface area (Å²) in [5.74, 6) is -1.69. The van der Waals surface area contributed by atoms with Gasteiger partial charge in [0, 0.05) is 35.8 Å². The fourth-order valence-electron chi connectivity index (χ4n) is 3.25. The number of anilines is 1. The minimum atomic E-state index is -0.621. The zero-order valence-corrected chi connectivity index (χ0v) is 18.3. The third kappa shape index (κ3) is 5.95. The van der Waals surface area contributed by atoms with Gasteiger partial charge in [0.05, 0.1) is 21.6 Å². The molecule has 1 fully saturated rings. The van der Waals surface area contributed by atoms with E-state index in [1.165, 1.54) is 12.1 Å². The third-order valence-corrected chi connectivity index (χ3v) is 5.55. The van der Waals surface area contributed by atoms with E-state index in [1.54, 1.807) is 29.2 Å². The number of ether oxygens (including phenoxy) is 1. The van der Waals surface area contributed by atoms with Crippen LogP contribution in [0.2, 0.25) is 10.0 Å². The van der Waals surface area contributed by atoms with Crippen LogP contribution in [-0.2, 0) is 14.3 Å². The molecule has 0 atom stereocenters. The molecule has 0 aromatic heterocycles. The minimum Gasteiger partial charge on any atom is -0.455 e. The van der Waals surface area contributed by atoms with E-state index in [4.69, 9.17) is 27.9 Å². The molecule has 0 saturated carbocycles. The van der Waals surface area contributed by atoms with Gasteiger partial charge in [-0.15, -0.1) is 0 Å². The summed E-state index contributed by atoms with van der Waals surface area (Å²) in [6.07, 6.45) is 0.849. The fraction of sp³-hybridized carbons (Fsp3) is 0.286. The summed E-state index contributed by atoms with van der Waals surface area (Å²) in [6, 6.07) is 10.2. The molecular weight excluding hydrogens is 461 g/mol. The molecule has 2 amide bonds. The van der Waals surface area contributed by atoms with Crippen molar-refractivity contribution in [3.05, 3.63) is 68.2 Å². The lowest BCUT2D eigenvalue weighted by molar-refractivity contribution is -0.384. The number of halogens is 2. The number of nitro benzene ring substituents is 1. The maximum absolute atomic E-state index is 12.5. The number of hydrogen-bond acceptors (Lipinski definition) is 6. The van der Waals surface area contributed by atoms with Crippen molar-refractivity contribution in [2.45, 2.75) is 12.8 Å². The molecule has 9 nitrogen and oxygen atoms in total. The molecule has 11 heteroatoms. The molecule has 3 rings (SSSR count). The van der Waals surface area contributed by atoms with Gasteiger partial charge in [-0.05, 0) is 43.2 Å². The maximum atomic E-state index is 12.5. The van der Waals surface area contributed by atoms with E-state index >= 15 is 0 Å². The first-order valence-electron chi connectivity index (χ1n) is 9.70. The molecule has 32 heavy (non-hydrogen) atoms. The second-order valence-corrected chi connectivity index (χ2v) is 7.99. The lowest BCUT2D eigenvalue weighted by atomic mass is 9.96. The Morgan fingerprint density at radius 1 is 1.09 bits per heavy atom. The molecule has 0 bridgehead atoms. The van der Waals surface area contributed by atoms with E-state index in [9.17, 15) is 24.5 Å². The molecule has 1 aliphatic heterocycles. The molecule has 1 aliphatic rings. The Bertz CT molecular complexity index is 1040. The van der Waals surface area contributed by atoms with Gasteiger partial charge in [0.1, 0.15) is 0 Å². The number of piperidine rings is 1. The van der Waals surface area contributed by atoms with Crippen molar-refractivity contribution < 1.29 is 24.0 Å². The van der Waals surface area contributed by atoms with E-state index in [-0.39, 0.29) is 22.3 Å². The van der Waals surface area contributed by atoms with Crippen molar-refractivity contribution in [3.8, 4) is 0 Å². The van der Waals surface area contributed by atoms with E-state index in [0.717, 1.165) is 6.07 Å². The third-order valence-electron chi connectivity index (χ3n) is 4.99. The highest BCUT2D eigenvalue weighted by Crippen LogP contribution is 2.26. The first-order valence-corrected chi connectivity index (χ1v) is 10.5. The minimum absolute atomic E-state index is 0.00315. The Hall–Kier alpha value is -3.17. The maximum Gasteiger partial charge on any atom is 0.309 e. The quantitative estimate of drug-likeness (QED) is 0.380. The Labute approximate surface area is 193 Å². The SMILES string of the molecule is O=C(COC(=O)C1CCN(C(=O)c2ccc(Cl)cc2)CC1)Nc1ccc([N+](=O)[O-])cc1Cl. The zero-order chi connectivity index (χ0) is 23.3. The number of nitro groups is 1. The van der Waals surface area contributed by atoms with Gasteiger partial charge in [-0.3, -0.25) is 24.5 Å². The van der Waals surface area contributed by atoms with Crippen LogP contribution >= 0.6 is 23.2 Å². The standard InChI is InChI=1S/C21H19Cl2N3O6/c22-15-3-1-13(2-4-15)20(28)25-9-7-14(8-10-25)21(29)32-12-19(27)24-18-6-5-16(26(30)31)11-17(18)23/h1-6,11,14H,7-10,12H2,(H,24,27). The number of carbonyl (C=O) groups is 3. The molecular formula is C21H19Cl2N3O6. The van der Waals surface area contributed by atoms with E-state index < -0.39 is 29.3 Å². The van der Waals surface area contributed by atoms with Crippen LogP contribution in [0.15, 0.2) is 42.5 Å². The number of amides is 2. The number of carbonyl (C=O) groups excluding carboxylic acids is 3.